The minimum Gasteiger partial charge on any atom is -0.493 e. The maximum absolute atomic E-state index is 11.8. The molecule has 0 bridgehead atoms. The first kappa shape index (κ1) is 11.3. The summed E-state index contributed by atoms with van der Waals surface area (Å²) in [6.45, 7) is -0.356. The number of halogens is 1. The third-order valence-electron chi connectivity index (χ3n) is 1.77. The van der Waals surface area contributed by atoms with Crippen LogP contribution in [0, 0.1) is 0 Å². The molecule has 0 spiro atoms. The van der Waals surface area contributed by atoms with Crippen molar-refractivity contribution in [2.75, 3.05) is 19.0 Å². The van der Waals surface area contributed by atoms with E-state index in [4.69, 9.17) is 15.6 Å². The Morgan fingerprint density at radius 2 is 2.27 bits per heavy atom. The second kappa shape index (κ2) is 5.19. The molecule has 0 aromatic heterocycles. The second-order valence-electron chi connectivity index (χ2n) is 2.95. The molecule has 4 nitrogen and oxygen atoms in total. The Balaban J connectivity index is 2.82. The molecule has 0 saturated carbocycles. The summed E-state index contributed by atoms with van der Waals surface area (Å²) in [7, 11) is 0. The summed E-state index contributed by atoms with van der Waals surface area (Å²) in [6.07, 6.45) is 0.230. The van der Waals surface area contributed by atoms with E-state index in [1.807, 2.05) is 0 Å². The van der Waals surface area contributed by atoms with Crippen LogP contribution < -0.4 is 10.5 Å². The van der Waals surface area contributed by atoms with Gasteiger partial charge in [-0.2, -0.15) is 0 Å². The Morgan fingerprint density at radius 3 is 2.87 bits per heavy atom. The number of nitrogens with two attached hydrogens (primary N) is 1. The lowest BCUT2D eigenvalue weighted by atomic mass is 10.2. The monoisotopic (exact) mass is 213 g/mol. The maximum Gasteiger partial charge on any atom is 0.339 e. The summed E-state index contributed by atoms with van der Waals surface area (Å²) in [5.74, 6) is -0.916. The summed E-state index contributed by atoms with van der Waals surface area (Å²) >= 11 is 0. The zero-order valence-corrected chi connectivity index (χ0v) is 8.07. The van der Waals surface area contributed by atoms with Crippen LogP contribution in [0.4, 0.5) is 10.1 Å². The van der Waals surface area contributed by atoms with Gasteiger partial charge in [-0.25, -0.2) is 4.79 Å². The minimum atomic E-state index is -1.09. The van der Waals surface area contributed by atoms with Gasteiger partial charge in [0.1, 0.15) is 11.3 Å². The van der Waals surface area contributed by atoms with Gasteiger partial charge in [-0.3, -0.25) is 4.39 Å². The first-order valence-corrected chi connectivity index (χ1v) is 4.46. The van der Waals surface area contributed by atoms with Gasteiger partial charge in [0.25, 0.3) is 0 Å². The number of carboxylic acids is 1. The van der Waals surface area contributed by atoms with Crippen molar-refractivity contribution in [1.29, 1.82) is 0 Å². The van der Waals surface area contributed by atoms with E-state index in [-0.39, 0.29) is 24.3 Å². The first-order valence-electron chi connectivity index (χ1n) is 4.46. The molecule has 0 radical (unpaired) electrons. The van der Waals surface area contributed by atoms with Gasteiger partial charge in [0.05, 0.1) is 13.3 Å². The molecule has 0 aliphatic heterocycles. The Bertz CT molecular complexity index is 355. The van der Waals surface area contributed by atoms with Crippen molar-refractivity contribution < 1.29 is 19.0 Å². The summed E-state index contributed by atoms with van der Waals surface area (Å²) in [5, 5.41) is 8.82. The molecule has 0 saturated heterocycles. The molecule has 0 aliphatic carbocycles. The molecular weight excluding hydrogens is 201 g/mol. The highest BCUT2D eigenvalue weighted by atomic mass is 19.1. The number of carbonyl (C=O) groups is 1. The number of carboxylic acid groups (broad SMARTS) is 1. The molecule has 0 aliphatic rings. The smallest absolute Gasteiger partial charge is 0.339 e. The molecule has 0 unspecified atom stereocenters. The molecule has 82 valence electrons. The van der Waals surface area contributed by atoms with Gasteiger partial charge >= 0.3 is 5.97 Å². The van der Waals surface area contributed by atoms with Gasteiger partial charge < -0.3 is 15.6 Å². The zero-order valence-electron chi connectivity index (χ0n) is 8.07. The van der Waals surface area contributed by atoms with Gasteiger partial charge in [-0.05, 0) is 12.1 Å². The molecule has 5 heteroatoms. The van der Waals surface area contributed by atoms with Crippen molar-refractivity contribution >= 4 is 11.7 Å². The molecule has 1 aromatic carbocycles. The average Bonchev–Trinajstić information content (AvgIpc) is 2.18. The Hall–Kier alpha value is -1.78. The number of rotatable bonds is 5. The SMILES string of the molecule is Nc1ccc(C(=O)O)c(OCCCF)c1. The van der Waals surface area contributed by atoms with Crippen LogP contribution in [0.5, 0.6) is 5.75 Å². The quantitative estimate of drug-likeness (QED) is 0.576. The van der Waals surface area contributed by atoms with E-state index in [2.05, 4.69) is 0 Å². The molecular formula is C10H12FNO3. The third kappa shape index (κ3) is 3.12. The fourth-order valence-electron chi connectivity index (χ4n) is 1.07. The molecule has 3 N–H and O–H groups in total. The van der Waals surface area contributed by atoms with Crippen molar-refractivity contribution in [2.45, 2.75) is 6.42 Å². The van der Waals surface area contributed by atoms with Gasteiger partial charge in [-0.1, -0.05) is 0 Å². The number of nitrogen functional groups attached to an aromatic ring is 1. The summed E-state index contributed by atoms with van der Waals surface area (Å²) in [4.78, 5) is 10.8. The van der Waals surface area contributed by atoms with Crippen LogP contribution in [0.1, 0.15) is 16.8 Å². The predicted octanol–water partition coefficient (Wildman–Crippen LogP) is 1.71. The Morgan fingerprint density at radius 1 is 1.53 bits per heavy atom. The topological polar surface area (TPSA) is 72.6 Å². The number of hydrogen-bond donors (Lipinski definition) is 2. The van der Waals surface area contributed by atoms with E-state index in [0.717, 1.165) is 0 Å². The van der Waals surface area contributed by atoms with E-state index >= 15 is 0 Å². The van der Waals surface area contributed by atoms with Crippen LogP contribution in [0.2, 0.25) is 0 Å². The van der Waals surface area contributed by atoms with Crippen LogP contribution >= 0.6 is 0 Å². The first-order chi connectivity index (χ1) is 7.15. The number of aromatic carboxylic acids is 1. The van der Waals surface area contributed by atoms with Gasteiger partial charge in [-0.15, -0.1) is 0 Å². The van der Waals surface area contributed by atoms with Gasteiger partial charge in [0, 0.05) is 18.2 Å². The molecule has 1 rings (SSSR count). The lowest BCUT2D eigenvalue weighted by Crippen LogP contribution is -2.05. The van der Waals surface area contributed by atoms with E-state index in [0.29, 0.717) is 5.69 Å². The molecule has 1 aromatic rings. The van der Waals surface area contributed by atoms with Crippen LogP contribution in [0.15, 0.2) is 18.2 Å². The minimum absolute atomic E-state index is 0.0306. The normalized spacial score (nSPS) is 9.93. The molecule has 0 fully saturated rings. The van der Waals surface area contributed by atoms with Gasteiger partial charge in [0.2, 0.25) is 0 Å². The van der Waals surface area contributed by atoms with Crippen LogP contribution in [-0.4, -0.2) is 24.4 Å². The molecule has 0 atom stereocenters. The predicted molar refractivity (Wildman–Crippen MR) is 53.9 cm³/mol. The van der Waals surface area contributed by atoms with Crippen molar-refractivity contribution in [1.82, 2.24) is 0 Å². The fraction of sp³-hybridized carbons (Fsp3) is 0.300. The van der Waals surface area contributed by atoms with E-state index < -0.39 is 12.6 Å². The summed E-state index contributed by atoms with van der Waals surface area (Å²) in [5.41, 5.74) is 5.93. The summed E-state index contributed by atoms with van der Waals surface area (Å²) < 4.78 is 16.9. The standard InChI is InChI=1S/C10H12FNO3/c11-4-1-5-15-9-6-7(12)2-3-8(9)10(13)14/h2-3,6H,1,4-5,12H2,(H,13,14). The molecule has 0 heterocycles. The lowest BCUT2D eigenvalue weighted by molar-refractivity contribution is 0.0692. The van der Waals surface area contributed by atoms with Crippen molar-refractivity contribution in [3.63, 3.8) is 0 Å². The number of ether oxygens (including phenoxy) is 1. The summed E-state index contributed by atoms with van der Waals surface area (Å²) in [6, 6.07) is 4.26. The van der Waals surface area contributed by atoms with Crippen molar-refractivity contribution in [2.24, 2.45) is 0 Å². The fourth-order valence-corrected chi connectivity index (χ4v) is 1.07. The second-order valence-corrected chi connectivity index (χ2v) is 2.95. The number of benzene rings is 1. The number of hydrogen-bond acceptors (Lipinski definition) is 3. The zero-order chi connectivity index (χ0) is 11.3. The van der Waals surface area contributed by atoms with Crippen LogP contribution in [0.25, 0.3) is 0 Å². The molecule has 0 amide bonds. The van der Waals surface area contributed by atoms with E-state index in [1.54, 1.807) is 0 Å². The van der Waals surface area contributed by atoms with Crippen LogP contribution in [-0.2, 0) is 0 Å². The molecule has 15 heavy (non-hydrogen) atoms. The van der Waals surface area contributed by atoms with Gasteiger partial charge in [0.15, 0.2) is 0 Å². The number of anilines is 1. The average molecular weight is 213 g/mol. The van der Waals surface area contributed by atoms with Crippen molar-refractivity contribution in [3.05, 3.63) is 23.8 Å². The number of alkyl halides is 1. The Labute approximate surface area is 86.5 Å². The largest absolute Gasteiger partial charge is 0.493 e. The highest BCUT2D eigenvalue weighted by molar-refractivity contribution is 5.91. The third-order valence-corrected chi connectivity index (χ3v) is 1.77. The highest BCUT2D eigenvalue weighted by Gasteiger charge is 2.11. The lowest BCUT2D eigenvalue weighted by Gasteiger charge is -2.08. The van der Waals surface area contributed by atoms with Crippen molar-refractivity contribution in [3.8, 4) is 5.75 Å². The van der Waals surface area contributed by atoms with Crippen LogP contribution in [0.3, 0.4) is 0 Å². The maximum atomic E-state index is 11.8. The van der Waals surface area contributed by atoms with E-state index in [1.165, 1.54) is 18.2 Å². The highest BCUT2D eigenvalue weighted by Crippen LogP contribution is 2.21. The Kier molecular flexibility index (Phi) is 3.91. The van der Waals surface area contributed by atoms with E-state index in [9.17, 15) is 9.18 Å².